The van der Waals surface area contributed by atoms with Crippen molar-refractivity contribution in [3.8, 4) is 0 Å². The third-order valence-corrected chi connectivity index (χ3v) is 2.73. The Balaban J connectivity index is 2.42. The first kappa shape index (κ1) is 11.8. The van der Waals surface area contributed by atoms with Gasteiger partial charge in [-0.05, 0) is 30.2 Å². The number of halogens is 1. The van der Waals surface area contributed by atoms with Gasteiger partial charge < -0.3 is 4.57 Å². The molecule has 3 N–H and O–H groups in total. The lowest BCUT2D eigenvalue weighted by atomic mass is 9.99. The van der Waals surface area contributed by atoms with Crippen LogP contribution in [0, 0.1) is 12.7 Å². The fraction of sp³-hybridized carbons (Fsp3) is 0.250. The molecule has 0 aliphatic carbocycles. The van der Waals surface area contributed by atoms with Crippen LogP contribution >= 0.6 is 0 Å². The summed E-state index contributed by atoms with van der Waals surface area (Å²) in [5.41, 5.74) is 5.29. The van der Waals surface area contributed by atoms with Crippen LogP contribution in [0.1, 0.15) is 22.9 Å². The van der Waals surface area contributed by atoms with Crippen molar-refractivity contribution in [3.63, 3.8) is 0 Å². The molecule has 1 aromatic heterocycles. The fourth-order valence-electron chi connectivity index (χ4n) is 1.88. The Morgan fingerprint density at radius 1 is 1.47 bits per heavy atom. The molecular weight excluding hydrogens is 219 g/mol. The van der Waals surface area contributed by atoms with Crippen LogP contribution in [-0.4, -0.2) is 9.55 Å². The molecule has 0 fully saturated rings. The summed E-state index contributed by atoms with van der Waals surface area (Å²) in [5.74, 6) is 5.31. The molecule has 0 saturated heterocycles. The maximum atomic E-state index is 13.1. The van der Waals surface area contributed by atoms with Gasteiger partial charge in [-0.2, -0.15) is 0 Å². The van der Waals surface area contributed by atoms with E-state index >= 15 is 0 Å². The molecule has 4 nitrogen and oxygen atoms in total. The van der Waals surface area contributed by atoms with Crippen LogP contribution in [-0.2, 0) is 7.05 Å². The van der Waals surface area contributed by atoms with Crippen LogP contribution in [0.2, 0.25) is 0 Å². The van der Waals surface area contributed by atoms with Crippen molar-refractivity contribution in [2.45, 2.75) is 13.0 Å². The SMILES string of the molecule is Cc1cc(F)ccc1C(NN)c1cn(C)cn1. The number of nitrogens with zero attached hydrogens (tertiary/aromatic N) is 2. The molecule has 90 valence electrons. The summed E-state index contributed by atoms with van der Waals surface area (Å²) in [6, 6.07) is 4.42. The van der Waals surface area contributed by atoms with Gasteiger partial charge >= 0.3 is 0 Å². The highest BCUT2D eigenvalue weighted by atomic mass is 19.1. The average Bonchev–Trinajstić information content (AvgIpc) is 2.69. The van der Waals surface area contributed by atoms with Crippen LogP contribution in [0.4, 0.5) is 4.39 Å². The fourth-order valence-corrected chi connectivity index (χ4v) is 1.88. The maximum Gasteiger partial charge on any atom is 0.123 e. The van der Waals surface area contributed by atoms with E-state index in [9.17, 15) is 4.39 Å². The summed E-state index contributed by atoms with van der Waals surface area (Å²) < 4.78 is 14.9. The van der Waals surface area contributed by atoms with Crippen LogP contribution < -0.4 is 11.3 Å². The van der Waals surface area contributed by atoms with Gasteiger partial charge in [-0.15, -0.1) is 0 Å². The molecule has 0 spiro atoms. The molecule has 1 heterocycles. The van der Waals surface area contributed by atoms with Crippen molar-refractivity contribution in [2.24, 2.45) is 12.9 Å². The quantitative estimate of drug-likeness (QED) is 0.624. The summed E-state index contributed by atoms with van der Waals surface area (Å²) in [5, 5.41) is 0. The highest BCUT2D eigenvalue weighted by Gasteiger charge is 2.17. The second-order valence-corrected chi connectivity index (χ2v) is 4.06. The number of rotatable bonds is 3. The van der Waals surface area contributed by atoms with Gasteiger partial charge in [-0.1, -0.05) is 6.07 Å². The van der Waals surface area contributed by atoms with Crippen LogP contribution in [0.3, 0.4) is 0 Å². The zero-order valence-corrected chi connectivity index (χ0v) is 9.81. The molecule has 2 rings (SSSR count). The first-order valence-corrected chi connectivity index (χ1v) is 5.32. The standard InChI is InChI=1S/C12H15FN4/c1-8-5-9(13)3-4-10(8)12(16-14)11-6-17(2)7-15-11/h3-7,12,16H,14H2,1-2H3. The van der Waals surface area contributed by atoms with Crippen LogP contribution in [0.5, 0.6) is 0 Å². The molecule has 5 heteroatoms. The molecule has 1 unspecified atom stereocenters. The Morgan fingerprint density at radius 2 is 2.24 bits per heavy atom. The van der Waals surface area contributed by atoms with Gasteiger partial charge in [0, 0.05) is 13.2 Å². The number of imidazole rings is 1. The predicted octanol–water partition coefficient (Wildman–Crippen LogP) is 1.42. The molecule has 0 bridgehead atoms. The minimum absolute atomic E-state index is 0.225. The molecule has 1 atom stereocenters. The van der Waals surface area contributed by atoms with Crippen molar-refractivity contribution < 1.29 is 4.39 Å². The van der Waals surface area contributed by atoms with Gasteiger partial charge in [-0.25, -0.2) is 14.8 Å². The number of aryl methyl sites for hydroxylation is 2. The zero-order valence-electron chi connectivity index (χ0n) is 9.81. The molecule has 1 aromatic carbocycles. The van der Waals surface area contributed by atoms with Gasteiger partial charge in [-0.3, -0.25) is 5.84 Å². The van der Waals surface area contributed by atoms with Gasteiger partial charge in [0.1, 0.15) is 5.82 Å². The van der Waals surface area contributed by atoms with Crippen LogP contribution in [0.25, 0.3) is 0 Å². The third-order valence-electron chi connectivity index (χ3n) is 2.73. The normalized spacial score (nSPS) is 12.7. The largest absolute Gasteiger partial charge is 0.340 e. The van der Waals surface area contributed by atoms with Gasteiger partial charge in [0.25, 0.3) is 0 Å². The van der Waals surface area contributed by atoms with E-state index in [-0.39, 0.29) is 11.9 Å². The number of nitrogens with one attached hydrogen (secondary N) is 1. The van der Waals surface area contributed by atoms with Crippen molar-refractivity contribution >= 4 is 0 Å². The van der Waals surface area contributed by atoms with E-state index < -0.39 is 0 Å². The van der Waals surface area contributed by atoms with Crippen molar-refractivity contribution in [3.05, 3.63) is 53.4 Å². The summed E-state index contributed by atoms with van der Waals surface area (Å²) in [4.78, 5) is 4.25. The van der Waals surface area contributed by atoms with Crippen molar-refractivity contribution in [1.82, 2.24) is 15.0 Å². The Bertz CT molecular complexity index is 521. The second kappa shape index (κ2) is 4.65. The molecule has 0 amide bonds. The number of hydrazine groups is 1. The lowest BCUT2D eigenvalue weighted by molar-refractivity contribution is 0.605. The summed E-state index contributed by atoms with van der Waals surface area (Å²) >= 11 is 0. The van der Waals surface area contributed by atoms with E-state index in [1.54, 1.807) is 12.4 Å². The smallest absolute Gasteiger partial charge is 0.123 e. The minimum atomic E-state index is -0.247. The Kier molecular flexibility index (Phi) is 3.21. The Labute approximate surface area is 99.2 Å². The first-order valence-electron chi connectivity index (χ1n) is 5.32. The molecule has 2 aromatic rings. The Morgan fingerprint density at radius 3 is 2.76 bits per heavy atom. The minimum Gasteiger partial charge on any atom is -0.340 e. The van der Waals surface area contributed by atoms with E-state index in [0.717, 1.165) is 16.8 Å². The Hall–Kier alpha value is -1.72. The molecule has 0 aliphatic heterocycles. The van der Waals surface area contributed by atoms with E-state index in [2.05, 4.69) is 10.4 Å². The van der Waals surface area contributed by atoms with Crippen molar-refractivity contribution in [1.29, 1.82) is 0 Å². The highest BCUT2D eigenvalue weighted by Crippen LogP contribution is 2.23. The highest BCUT2D eigenvalue weighted by molar-refractivity contribution is 5.34. The van der Waals surface area contributed by atoms with Crippen LogP contribution in [0.15, 0.2) is 30.7 Å². The maximum absolute atomic E-state index is 13.1. The lowest BCUT2D eigenvalue weighted by Gasteiger charge is -2.16. The molecule has 17 heavy (non-hydrogen) atoms. The monoisotopic (exact) mass is 234 g/mol. The first-order chi connectivity index (χ1) is 8.11. The molecule has 0 radical (unpaired) electrons. The lowest BCUT2D eigenvalue weighted by Crippen LogP contribution is -2.29. The number of aromatic nitrogens is 2. The number of hydrogen-bond donors (Lipinski definition) is 2. The van der Waals surface area contributed by atoms with Gasteiger partial charge in [0.05, 0.1) is 18.1 Å². The number of nitrogens with two attached hydrogens (primary N) is 1. The van der Waals surface area contributed by atoms with E-state index in [4.69, 9.17) is 5.84 Å². The van der Waals surface area contributed by atoms with E-state index in [1.807, 2.05) is 24.7 Å². The third kappa shape index (κ3) is 2.35. The van der Waals surface area contributed by atoms with Crippen molar-refractivity contribution in [2.75, 3.05) is 0 Å². The summed E-state index contributed by atoms with van der Waals surface area (Å²) in [6.07, 6.45) is 3.59. The van der Waals surface area contributed by atoms with Gasteiger partial charge in [0.15, 0.2) is 0 Å². The topological polar surface area (TPSA) is 55.9 Å². The number of hydrogen-bond acceptors (Lipinski definition) is 3. The molecular formula is C12H15FN4. The molecule has 0 saturated carbocycles. The van der Waals surface area contributed by atoms with E-state index in [1.165, 1.54) is 12.1 Å². The zero-order chi connectivity index (χ0) is 12.4. The average molecular weight is 234 g/mol. The summed E-state index contributed by atoms with van der Waals surface area (Å²) in [7, 11) is 1.89. The summed E-state index contributed by atoms with van der Waals surface area (Å²) in [6.45, 7) is 1.85. The van der Waals surface area contributed by atoms with E-state index in [0.29, 0.717) is 0 Å². The van der Waals surface area contributed by atoms with Gasteiger partial charge in [0.2, 0.25) is 0 Å². The second-order valence-electron chi connectivity index (χ2n) is 4.06. The predicted molar refractivity (Wildman–Crippen MR) is 63.5 cm³/mol. The number of benzene rings is 1. The molecule has 0 aliphatic rings.